The summed E-state index contributed by atoms with van der Waals surface area (Å²) in [5.41, 5.74) is 6.94. The van der Waals surface area contributed by atoms with Crippen molar-refractivity contribution in [1.82, 2.24) is 9.88 Å². The predicted octanol–water partition coefficient (Wildman–Crippen LogP) is 4.10. The van der Waals surface area contributed by atoms with Crippen molar-refractivity contribution in [2.24, 2.45) is 0 Å². The SMILES string of the molecule is Cc1ccc(NCCCn2c3c(c4ccccc42)CCNC3)cc1. The number of anilines is 1. The van der Waals surface area contributed by atoms with Crippen molar-refractivity contribution in [3.05, 3.63) is 65.4 Å². The number of benzene rings is 2. The molecule has 24 heavy (non-hydrogen) atoms. The van der Waals surface area contributed by atoms with Crippen LogP contribution >= 0.6 is 0 Å². The van der Waals surface area contributed by atoms with Crippen molar-refractivity contribution in [3.8, 4) is 0 Å². The Morgan fingerprint density at radius 1 is 1.08 bits per heavy atom. The molecule has 0 fully saturated rings. The van der Waals surface area contributed by atoms with Crippen LogP contribution in [0.2, 0.25) is 0 Å². The Labute approximate surface area is 143 Å². The lowest BCUT2D eigenvalue weighted by atomic mass is 10.1. The Kier molecular flexibility index (Phi) is 4.26. The summed E-state index contributed by atoms with van der Waals surface area (Å²) in [4.78, 5) is 0. The van der Waals surface area contributed by atoms with Gasteiger partial charge in [-0.2, -0.15) is 0 Å². The number of fused-ring (bicyclic) bond motifs is 3. The molecule has 124 valence electrons. The molecule has 0 bridgehead atoms. The molecule has 2 N–H and O–H groups in total. The first kappa shape index (κ1) is 15.3. The fourth-order valence-corrected chi connectivity index (χ4v) is 3.73. The van der Waals surface area contributed by atoms with Crippen molar-refractivity contribution in [2.45, 2.75) is 32.9 Å². The maximum Gasteiger partial charge on any atom is 0.0485 e. The van der Waals surface area contributed by atoms with E-state index < -0.39 is 0 Å². The number of para-hydroxylation sites is 1. The largest absolute Gasteiger partial charge is 0.385 e. The Balaban J connectivity index is 1.47. The van der Waals surface area contributed by atoms with E-state index in [2.05, 4.69) is 70.7 Å². The fraction of sp³-hybridized carbons (Fsp3) is 0.333. The van der Waals surface area contributed by atoms with Crippen LogP contribution in [0.4, 0.5) is 5.69 Å². The first-order valence-corrected chi connectivity index (χ1v) is 8.93. The zero-order chi connectivity index (χ0) is 16.4. The van der Waals surface area contributed by atoms with Gasteiger partial charge in [-0.25, -0.2) is 0 Å². The van der Waals surface area contributed by atoms with Gasteiger partial charge in [-0.3, -0.25) is 0 Å². The molecule has 0 radical (unpaired) electrons. The van der Waals surface area contributed by atoms with Crippen LogP contribution in [0.5, 0.6) is 0 Å². The number of nitrogens with zero attached hydrogens (tertiary/aromatic N) is 1. The van der Waals surface area contributed by atoms with Gasteiger partial charge in [-0.05, 0) is 50.1 Å². The average molecular weight is 319 g/mol. The van der Waals surface area contributed by atoms with Gasteiger partial charge in [0.15, 0.2) is 0 Å². The highest BCUT2D eigenvalue weighted by molar-refractivity contribution is 5.85. The van der Waals surface area contributed by atoms with Crippen LogP contribution in [0.1, 0.15) is 23.2 Å². The molecule has 0 aliphatic carbocycles. The summed E-state index contributed by atoms with van der Waals surface area (Å²) in [6, 6.07) is 17.5. The minimum atomic E-state index is 0.995. The predicted molar refractivity (Wildman–Crippen MR) is 102 cm³/mol. The summed E-state index contributed by atoms with van der Waals surface area (Å²) in [7, 11) is 0. The molecule has 0 saturated carbocycles. The first-order valence-electron chi connectivity index (χ1n) is 8.93. The van der Waals surface area contributed by atoms with Gasteiger partial charge in [-0.1, -0.05) is 35.9 Å². The molecule has 0 saturated heterocycles. The van der Waals surface area contributed by atoms with Gasteiger partial charge in [0.25, 0.3) is 0 Å². The third-order valence-electron chi connectivity index (χ3n) is 4.98. The highest BCUT2D eigenvalue weighted by Gasteiger charge is 2.18. The van der Waals surface area contributed by atoms with E-state index in [9.17, 15) is 0 Å². The molecular weight excluding hydrogens is 294 g/mol. The summed E-state index contributed by atoms with van der Waals surface area (Å²) in [6.07, 6.45) is 2.27. The molecule has 0 atom stereocenters. The second kappa shape index (κ2) is 6.70. The van der Waals surface area contributed by atoms with Gasteiger partial charge in [0.2, 0.25) is 0 Å². The molecule has 3 heteroatoms. The minimum Gasteiger partial charge on any atom is -0.385 e. The maximum atomic E-state index is 3.53. The summed E-state index contributed by atoms with van der Waals surface area (Å²) in [5, 5.41) is 8.51. The summed E-state index contributed by atoms with van der Waals surface area (Å²) in [6.45, 7) is 6.28. The van der Waals surface area contributed by atoms with E-state index in [4.69, 9.17) is 0 Å². The molecule has 2 heterocycles. The third-order valence-corrected chi connectivity index (χ3v) is 4.98. The van der Waals surface area contributed by atoms with Crippen LogP contribution in [0.3, 0.4) is 0 Å². The summed E-state index contributed by atoms with van der Waals surface area (Å²) in [5.74, 6) is 0. The van der Waals surface area contributed by atoms with Crippen LogP contribution < -0.4 is 10.6 Å². The Hall–Kier alpha value is -2.26. The van der Waals surface area contributed by atoms with E-state index in [-0.39, 0.29) is 0 Å². The van der Waals surface area contributed by atoms with Gasteiger partial charge in [0, 0.05) is 41.9 Å². The quantitative estimate of drug-likeness (QED) is 0.693. The van der Waals surface area contributed by atoms with E-state index in [0.717, 1.165) is 39.0 Å². The van der Waals surface area contributed by atoms with Crippen molar-refractivity contribution in [1.29, 1.82) is 0 Å². The van der Waals surface area contributed by atoms with Crippen LogP contribution in [0.25, 0.3) is 10.9 Å². The molecule has 0 amide bonds. The Bertz CT molecular complexity index is 830. The van der Waals surface area contributed by atoms with Crippen molar-refractivity contribution >= 4 is 16.6 Å². The van der Waals surface area contributed by atoms with E-state index in [0.29, 0.717) is 0 Å². The third kappa shape index (κ3) is 2.92. The number of nitrogens with one attached hydrogen (secondary N) is 2. The van der Waals surface area contributed by atoms with Crippen LogP contribution in [-0.4, -0.2) is 17.7 Å². The highest BCUT2D eigenvalue weighted by Crippen LogP contribution is 2.28. The monoisotopic (exact) mass is 319 g/mol. The molecule has 1 aromatic heterocycles. The second-order valence-corrected chi connectivity index (χ2v) is 6.67. The zero-order valence-corrected chi connectivity index (χ0v) is 14.3. The molecule has 4 rings (SSSR count). The lowest BCUT2D eigenvalue weighted by Gasteiger charge is -2.17. The maximum absolute atomic E-state index is 3.53. The van der Waals surface area contributed by atoms with Crippen molar-refractivity contribution < 1.29 is 0 Å². The van der Waals surface area contributed by atoms with Crippen LogP contribution in [-0.2, 0) is 19.5 Å². The van der Waals surface area contributed by atoms with Crippen LogP contribution in [0, 0.1) is 6.92 Å². The molecule has 1 aliphatic rings. The molecule has 2 aromatic carbocycles. The van der Waals surface area contributed by atoms with Gasteiger partial charge in [0.05, 0.1) is 0 Å². The van der Waals surface area contributed by atoms with Crippen molar-refractivity contribution in [3.63, 3.8) is 0 Å². The summed E-state index contributed by atoms with van der Waals surface area (Å²) >= 11 is 0. The Morgan fingerprint density at radius 3 is 2.79 bits per heavy atom. The number of aromatic nitrogens is 1. The highest BCUT2D eigenvalue weighted by atomic mass is 15.0. The second-order valence-electron chi connectivity index (χ2n) is 6.67. The van der Waals surface area contributed by atoms with Gasteiger partial charge in [0.1, 0.15) is 0 Å². The lowest BCUT2D eigenvalue weighted by Crippen LogP contribution is -2.25. The average Bonchev–Trinajstić information content (AvgIpc) is 2.95. The molecule has 0 unspecified atom stereocenters. The molecule has 3 nitrogen and oxygen atoms in total. The van der Waals surface area contributed by atoms with Gasteiger partial charge < -0.3 is 15.2 Å². The molecular formula is C21H25N3. The van der Waals surface area contributed by atoms with E-state index in [1.807, 2.05) is 0 Å². The molecule has 0 spiro atoms. The van der Waals surface area contributed by atoms with E-state index in [1.165, 1.54) is 27.8 Å². The zero-order valence-electron chi connectivity index (χ0n) is 14.3. The smallest absolute Gasteiger partial charge is 0.0485 e. The number of hydrogen-bond donors (Lipinski definition) is 2. The van der Waals surface area contributed by atoms with E-state index in [1.54, 1.807) is 5.56 Å². The van der Waals surface area contributed by atoms with Crippen LogP contribution in [0.15, 0.2) is 48.5 Å². The standard InChI is InChI=1S/C21H25N3/c1-16-7-9-17(10-8-16)23-12-4-14-24-20-6-3-2-5-18(20)19-11-13-22-15-21(19)24/h2-3,5-10,22-23H,4,11-15H2,1H3. The fourth-order valence-electron chi connectivity index (χ4n) is 3.73. The number of rotatable bonds is 5. The molecule has 1 aliphatic heterocycles. The van der Waals surface area contributed by atoms with E-state index >= 15 is 0 Å². The van der Waals surface area contributed by atoms with Gasteiger partial charge in [-0.15, -0.1) is 0 Å². The number of hydrogen-bond acceptors (Lipinski definition) is 2. The van der Waals surface area contributed by atoms with Gasteiger partial charge >= 0.3 is 0 Å². The Morgan fingerprint density at radius 2 is 1.92 bits per heavy atom. The number of aryl methyl sites for hydroxylation is 2. The minimum absolute atomic E-state index is 0.995. The topological polar surface area (TPSA) is 29.0 Å². The first-order chi connectivity index (χ1) is 11.8. The summed E-state index contributed by atoms with van der Waals surface area (Å²) < 4.78 is 2.52. The lowest BCUT2D eigenvalue weighted by molar-refractivity contribution is 0.576. The van der Waals surface area contributed by atoms with Crippen molar-refractivity contribution in [2.75, 3.05) is 18.4 Å². The normalized spacial score (nSPS) is 13.9. The molecule has 3 aromatic rings.